The molecule has 5 aromatic rings. The highest BCUT2D eigenvalue weighted by Gasteiger charge is 2.44. The molecular weight excluding hydrogens is 1040 g/mol. The normalized spacial score (nSPS) is 16.2. The van der Waals surface area contributed by atoms with Crippen LogP contribution in [-0.2, 0) is 25.7 Å². The number of nitriles is 1. The number of amides is 4. The Hall–Kier alpha value is -6.23. The standard InChI is InChI=1S/C57H71Cl2N9O8S/c1-36-53(77-35-63-36)38-18-16-37(17-19-38)32-62-55(72)46-26-40(69)34-68(46)56(73)54(57(2,3)4)65-50(70)14-11-9-7-8-10-12-15-51(71)67-23-21-66(22-24-67)20-13-25-76-49-29-44-41(27-48(49)75-6)52(39(31-60)33-61-44)64-45-30-47(74-5)43(59)28-42(45)58/h16-19,27-30,33,35,40,46,54,69H,7-15,20-26,32,34H2,1-6H3,(H,61,64)(H,62,72)(H,65,70)/t40-,46+,54?/m1/s1. The lowest BCUT2D eigenvalue weighted by Gasteiger charge is -2.35. The SMILES string of the molecule is COc1cc(Nc2c(C#N)cnc3cc(OCCCN4CCN(C(=O)CCCCCCCCC(=O)NC(C(=O)N5C[C@H](O)C[C@H]5C(=O)NCc5ccc(-c6scnc6C)cc5)C(C)(C)C)CC4)c(OC)cc23)c(Cl)cc1Cl. The summed E-state index contributed by atoms with van der Waals surface area (Å²) in [4.78, 5) is 69.5. The number of β-amino-alcohol motifs (C(OH)–C–C–N with tert-alkyl or cyclic N) is 1. The molecule has 1 unspecified atom stereocenters. The number of halogens is 2. The van der Waals surface area contributed by atoms with Crippen LogP contribution in [0.15, 0.2) is 60.2 Å². The van der Waals surface area contributed by atoms with Gasteiger partial charge in [-0.15, -0.1) is 11.3 Å². The zero-order valence-electron chi connectivity index (χ0n) is 44.9. The van der Waals surface area contributed by atoms with E-state index in [9.17, 15) is 29.5 Å². The number of aryl methyl sites for hydroxylation is 1. The molecule has 0 aliphatic carbocycles. The van der Waals surface area contributed by atoms with Crippen molar-refractivity contribution in [1.82, 2.24) is 35.3 Å². The van der Waals surface area contributed by atoms with Gasteiger partial charge in [-0.3, -0.25) is 29.1 Å². The van der Waals surface area contributed by atoms with Crippen LogP contribution in [0, 0.1) is 23.7 Å². The minimum absolute atomic E-state index is 0.0173. The van der Waals surface area contributed by atoms with Gasteiger partial charge in [-0.25, -0.2) is 4.98 Å². The maximum absolute atomic E-state index is 14.1. The van der Waals surface area contributed by atoms with Gasteiger partial charge in [-0.05, 0) is 54.9 Å². The van der Waals surface area contributed by atoms with E-state index in [4.69, 9.17) is 37.4 Å². The minimum Gasteiger partial charge on any atom is -0.495 e. The van der Waals surface area contributed by atoms with Crippen LogP contribution < -0.4 is 30.2 Å². The van der Waals surface area contributed by atoms with Gasteiger partial charge in [0, 0.05) is 88.8 Å². The number of thiazole rings is 1. The molecule has 3 atom stereocenters. The van der Waals surface area contributed by atoms with E-state index in [1.54, 1.807) is 42.7 Å². The molecule has 0 radical (unpaired) electrons. The van der Waals surface area contributed by atoms with E-state index in [2.05, 4.69) is 36.9 Å². The highest BCUT2D eigenvalue weighted by molar-refractivity contribution is 7.13. The third-order valence-electron chi connectivity index (χ3n) is 14.1. The van der Waals surface area contributed by atoms with Gasteiger partial charge in [0.05, 0.1) is 75.5 Å². The number of carbonyl (C=O) groups excluding carboxylic acids is 4. The highest BCUT2D eigenvalue weighted by atomic mass is 35.5. The first kappa shape index (κ1) is 58.5. The highest BCUT2D eigenvalue weighted by Crippen LogP contribution is 2.41. The third kappa shape index (κ3) is 15.5. The first-order valence-electron chi connectivity index (χ1n) is 26.4. The maximum atomic E-state index is 14.1. The largest absolute Gasteiger partial charge is 0.495 e. The number of piperazine rings is 1. The Morgan fingerprint density at radius 2 is 1.58 bits per heavy atom. The Kier molecular flexibility index (Phi) is 20.8. The van der Waals surface area contributed by atoms with Crippen LogP contribution >= 0.6 is 34.5 Å². The van der Waals surface area contributed by atoms with Crippen LogP contribution in [0.2, 0.25) is 10.0 Å². The smallest absolute Gasteiger partial charge is 0.246 e. The molecule has 20 heteroatoms. The molecule has 77 heavy (non-hydrogen) atoms. The van der Waals surface area contributed by atoms with Crippen molar-refractivity contribution in [3.05, 3.63) is 87.1 Å². The first-order chi connectivity index (χ1) is 37.0. The Morgan fingerprint density at radius 3 is 2.25 bits per heavy atom. The Labute approximate surface area is 465 Å². The van der Waals surface area contributed by atoms with E-state index in [0.29, 0.717) is 87.7 Å². The van der Waals surface area contributed by atoms with Gasteiger partial charge in [-0.1, -0.05) is 93.9 Å². The van der Waals surface area contributed by atoms with E-state index in [1.807, 2.05) is 62.4 Å². The number of pyridine rings is 1. The summed E-state index contributed by atoms with van der Waals surface area (Å²) in [5, 5.41) is 31.1. The summed E-state index contributed by atoms with van der Waals surface area (Å²) in [7, 11) is 3.07. The molecule has 2 saturated heterocycles. The van der Waals surface area contributed by atoms with E-state index in [-0.39, 0.29) is 49.6 Å². The van der Waals surface area contributed by atoms with Crippen molar-refractivity contribution < 1.29 is 38.5 Å². The van der Waals surface area contributed by atoms with Crippen LogP contribution in [0.3, 0.4) is 0 Å². The van der Waals surface area contributed by atoms with Gasteiger partial charge in [-0.2, -0.15) is 5.26 Å². The molecule has 4 N–H and O–H groups in total. The average Bonchev–Trinajstić information content (AvgIpc) is 4.04. The summed E-state index contributed by atoms with van der Waals surface area (Å²) < 4.78 is 17.3. The molecule has 7 rings (SSSR count). The summed E-state index contributed by atoms with van der Waals surface area (Å²) in [6.07, 6.45) is 7.48. The lowest BCUT2D eigenvalue weighted by atomic mass is 9.85. The predicted octanol–water partition coefficient (Wildman–Crippen LogP) is 9.45. The Balaban J connectivity index is 0.762. The number of rotatable bonds is 24. The second-order valence-corrected chi connectivity index (χ2v) is 22.4. The monoisotopic (exact) mass is 1110 g/mol. The van der Waals surface area contributed by atoms with Gasteiger partial charge < -0.3 is 45.1 Å². The lowest BCUT2D eigenvalue weighted by Crippen LogP contribution is -2.57. The second-order valence-electron chi connectivity index (χ2n) is 20.8. The molecule has 4 heterocycles. The number of likely N-dealkylation sites (tertiary alicyclic amines) is 1. The number of aliphatic hydroxyl groups excluding tert-OH is 1. The van der Waals surface area contributed by atoms with Gasteiger partial charge in [0.1, 0.15) is 23.9 Å². The number of aliphatic hydroxyl groups is 1. The molecule has 2 aliphatic rings. The van der Waals surface area contributed by atoms with Crippen molar-refractivity contribution in [3.63, 3.8) is 0 Å². The van der Waals surface area contributed by atoms with Crippen molar-refractivity contribution in [1.29, 1.82) is 5.26 Å². The fourth-order valence-electron chi connectivity index (χ4n) is 9.74. The summed E-state index contributed by atoms with van der Waals surface area (Å²) in [6, 6.07) is 15.2. The topological polar surface area (TPSA) is 212 Å². The number of nitrogens with zero attached hydrogens (tertiary/aromatic N) is 6. The summed E-state index contributed by atoms with van der Waals surface area (Å²) in [6.45, 7) is 12.1. The second kappa shape index (κ2) is 27.4. The fraction of sp³-hybridized carbons (Fsp3) is 0.491. The third-order valence-corrected chi connectivity index (χ3v) is 15.7. The summed E-state index contributed by atoms with van der Waals surface area (Å²) in [5.41, 5.74) is 6.02. The number of unbranched alkanes of at least 4 members (excludes halogenated alkanes) is 5. The molecule has 0 saturated carbocycles. The average molecular weight is 1110 g/mol. The number of aromatic nitrogens is 2. The molecule has 0 bridgehead atoms. The molecule has 4 amide bonds. The quantitative estimate of drug-likeness (QED) is 0.0425. The van der Waals surface area contributed by atoms with Gasteiger partial charge in [0.25, 0.3) is 0 Å². The van der Waals surface area contributed by atoms with E-state index < -0.39 is 23.6 Å². The van der Waals surface area contributed by atoms with Crippen LogP contribution in [0.1, 0.15) is 102 Å². The van der Waals surface area contributed by atoms with Gasteiger partial charge in [0.15, 0.2) is 11.5 Å². The van der Waals surface area contributed by atoms with Crippen molar-refractivity contribution in [2.75, 3.05) is 65.4 Å². The maximum Gasteiger partial charge on any atom is 0.246 e. The number of hydrogen-bond donors (Lipinski definition) is 4. The fourth-order valence-corrected chi connectivity index (χ4v) is 11.1. The van der Waals surface area contributed by atoms with Crippen molar-refractivity contribution in [2.24, 2.45) is 5.41 Å². The number of anilines is 2. The molecule has 412 valence electrons. The Bertz CT molecular complexity index is 2900. The molecule has 17 nitrogen and oxygen atoms in total. The zero-order valence-corrected chi connectivity index (χ0v) is 47.2. The molecule has 0 spiro atoms. The molecule has 3 aromatic carbocycles. The predicted molar refractivity (Wildman–Crippen MR) is 301 cm³/mol. The number of methoxy groups -OCH3 is 2. The number of fused-ring (bicyclic) bond motifs is 1. The summed E-state index contributed by atoms with van der Waals surface area (Å²) in [5.74, 6) is 0.685. The van der Waals surface area contributed by atoms with Crippen LogP contribution in [0.4, 0.5) is 11.4 Å². The lowest BCUT2D eigenvalue weighted by molar-refractivity contribution is -0.144. The van der Waals surface area contributed by atoms with E-state index in [0.717, 1.165) is 79.9 Å². The van der Waals surface area contributed by atoms with E-state index >= 15 is 0 Å². The van der Waals surface area contributed by atoms with Crippen molar-refractivity contribution >= 4 is 80.4 Å². The van der Waals surface area contributed by atoms with Gasteiger partial charge in [0.2, 0.25) is 23.6 Å². The zero-order chi connectivity index (χ0) is 55.2. The van der Waals surface area contributed by atoms with Gasteiger partial charge >= 0.3 is 0 Å². The van der Waals surface area contributed by atoms with Crippen molar-refractivity contribution in [2.45, 2.75) is 117 Å². The van der Waals surface area contributed by atoms with Crippen molar-refractivity contribution in [3.8, 4) is 33.8 Å². The molecule has 2 aliphatic heterocycles. The number of benzene rings is 3. The van der Waals surface area contributed by atoms with Crippen LogP contribution in [0.5, 0.6) is 17.2 Å². The molecule has 2 aromatic heterocycles. The molecule has 2 fully saturated rings. The first-order valence-corrected chi connectivity index (χ1v) is 28.0. The van der Waals surface area contributed by atoms with E-state index in [1.165, 1.54) is 18.2 Å². The number of ether oxygens (including phenoxy) is 3. The van der Waals surface area contributed by atoms with Crippen LogP contribution in [-0.4, -0.2) is 132 Å². The Morgan fingerprint density at radius 1 is 0.883 bits per heavy atom. The summed E-state index contributed by atoms with van der Waals surface area (Å²) >= 11 is 14.3. The van der Waals surface area contributed by atoms with Crippen LogP contribution in [0.25, 0.3) is 21.3 Å². The number of hydrogen-bond acceptors (Lipinski definition) is 14. The molecular formula is C57H71Cl2N9O8S. The number of carbonyl (C=O) groups is 4. The number of nitrogens with one attached hydrogen (secondary N) is 3. The minimum atomic E-state index is -0.874.